The van der Waals surface area contributed by atoms with Crippen molar-refractivity contribution < 1.29 is 28.5 Å². The Labute approximate surface area is 394 Å². The molecule has 0 radical (unpaired) electrons. The zero-order valence-corrected chi connectivity index (χ0v) is 37.6. The number of hydrogen-bond donors (Lipinski definition) is 5. The average Bonchev–Trinajstić information content (AvgIpc) is 4.10. The molecule has 19 nitrogen and oxygen atoms in total. The predicted molar refractivity (Wildman–Crippen MR) is 257 cm³/mol. The van der Waals surface area contributed by atoms with Crippen LogP contribution in [0.2, 0.25) is 0 Å². The molecule has 1 aliphatic heterocycles. The van der Waals surface area contributed by atoms with Crippen molar-refractivity contribution in [3.05, 3.63) is 151 Å². The van der Waals surface area contributed by atoms with Gasteiger partial charge in [-0.15, -0.1) is 0 Å². The maximum atomic E-state index is 14.0. The summed E-state index contributed by atoms with van der Waals surface area (Å²) in [6.07, 6.45) is 11.6. The van der Waals surface area contributed by atoms with E-state index in [2.05, 4.69) is 49.3 Å². The second-order valence-electron chi connectivity index (χ2n) is 16.0. The topological polar surface area (TPSA) is 246 Å². The first-order valence-electron chi connectivity index (χ1n) is 21.7. The van der Waals surface area contributed by atoms with Gasteiger partial charge in [-0.1, -0.05) is 42.8 Å². The molecule has 0 saturated carbocycles. The van der Waals surface area contributed by atoms with Crippen LogP contribution in [-0.2, 0) is 9.59 Å². The van der Waals surface area contributed by atoms with Crippen molar-refractivity contribution in [1.29, 1.82) is 0 Å². The number of anilines is 4. The summed E-state index contributed by atoms with van der Waals surface area (Å²) in [5.41, 5.74) is 17.7. The molecule has 7 N–H and O–H groups in total. The minimum Gasteiger partial charge on any atom is -0.496 e. The maximum Gasteiger partial charge on any atom is 0.299 e. The minimum atomic E-state index is -0.640. The van der Waals surface area contributed by atoms with Gasteiger partial charge in [-0.05, 0) is 74.4 Å². The van der Waals surface area contributed by atoms with Gasteiger partial charge in [0, 0.05) is 47.9 Å². The summed E-state index contributed by atoms with van der Waals surface area (Å²) in [6, 6.07) is 20.8. The fourth-order valence-electron chi connectivity index (χ4n) is 8.59. The molecular weight excluding hydrogens is 877 g/mol. The van der Waals surface area contributed by atoms with E-state index in [4.69, 9.17) is 26.2 Å². The lowest BCUT2D eigenvalue weighted by Crippen LogP contribution is -2.44. The molecule has 1 fully saturated rings. The average molecular weight is 922 g/mol. The number of hydrogen-bond acceptors (Lipinski definition) is 12. The number of nitrogens with one attached hydrogen (secondary N) is 3. The summed E-state index contributed by atoms with van der Waals surface area (Å²) in [4.78, 5) is 77.6. The van der Waals surface area contributed by atoms with E-state index >= 15 is 0 Å². The van der Waals surface area contributed by atoms with Gasteiger partial charge in [0.1, 0.15) is 64.0 Å². The molecular formula is C50H45N14O5+. The van der Waals surface area contributed by atoms with Crippen molar-refractivity contribution in [3.8, 4) is 40.1 Å². The lowest BCUT2D eigenvalue weighted by molar-refractivity contribution is -0.705. The number of carbonyl (C=O) groups excluding carboxylic acids is 4. The Balaban J connectivity index is 1.10. The quantitative estimate of drug-likeness (QED) is 0.0590. The highest BCUT2D eigenvalue weighted by atomic mass is 16.5. The summed E-state index contributed by atoms with van der Waals surface area (Å²) in [7, 11) is 1.47. The van der Waals surface area contributed by atoms with Crippen molar-refractivity contribution in [2.75, 3.05) is 35.8 Å². The summed E-state index contributed by atoms with van der Waals surface area (Å²) in [5.74, 6) is 6.49. The molecule has 7 heterocycles. The van der Waals surface area contributed by atoms with Gasteiger partial charge in [-0.3, -0.25) is 33.7 Å². The number of pyridine rings is 2. The lowest BCUT2D eigenvalue weighted by atomic mass is 10.1. The molecule has 1 saturated heterocycles. The third-order valence-corrected chi connectivity index (χ3v) is 11.8. The minimum absolute atomic E-state index is 0.191. The molecule has 9 rings (SSSR count). The number of benzene rings is 2. The lowest BCUT2D eigenvalue weighted by Gasteiger charge is -2.21. The van der Waals surface area contributed by atoms with Crippen LogP contribution in [-0.4, -0.2) is 75.9 Å². The van der Waals surface area contributed by atoms with Crippen molar-refractivity contribution in [2.45, 2.75) is 38.4 Å². The fourth-order valence-corrected chi connectivity index (χ4v) is 8.59. The molecule has 4 amide bonds. The van der Waals surface area contributed by atoms with Crippen LogP contribution in [0.3, 0.4) is 0 Å². The van der Waals surface area contributed by atoms with Crippen LogP contribution in [0.5, 0.6) is 5.75 Å². The second-order valence-corrected chi connectivity index (χ2v) is 16.0. The molecule has 8 aromatic rings. The van der Waals surface area contributed by atoms with Crippen molar-refractivity contribution in [1.82, 2.24) is 43.9 Å². The molecule has 6 aromatic heterocycles. The number of fused-ring (bicyclic) bond motifs is 2. The summed E-state index contributed by atoms with van der Waals surface area (Å²) >= 11 is 0. The van der Waals surface area contributed by atoms with E-state index in [0.717, 1.165) is 0 Å². The number of likely N-dealkylation sites (tertiary alicyclic amines) is 1. The van der Waals surface area contributed by atoms with Gasteiger partial charge in [0.2, 0.25) is 5.91 Å². The molecule has 69 heavy (non-hydrogen) atoms. The molecule has 0 spiro atoms. The van der Waals surface area contributed by atoms with Gasteiger partial charge in [-0.2, -0.15) is 0 Å². The van der Waals surface area contributed by atoms with Gasteiger partial charge in [0.05, 0.1) is 37.5 Å². The molecule has 1 aliphatic rings. The number of amides is 4. The van der Waals surface area contributed by atoms with Gasteiger partial charge in [0.15, 0.2) is 5.52 Å². The number of nitrogens with two attached hydrogens (primary N) is 2. The van der Waals surface area contributed by atoms with E-state index in [1.165, 1.54) is 13.2 Å². The standard InChI is InChI=1S/C50H44N14O5/c1-5-11-40(66)64-28-33(27-35(64)48-60-42(43-45(51)55-22-23-62(43)48)32-18-19-34(36(26-32)69-4)50(68)58-38-13-8-10-21-54-38)61-24-25-63-44(46(61)52)41(59-47(63)29(3)56-39(65)6-2)30-14-16-31(17-15-30)49(67)57-37-12-7-9-20-53-37/h6-10,12-26,29,33,35,52H,2,27-28H2,1,3-4H3,(H5,51,53,54,55,56,57,58,65,67,68)/p+1. The second kappa shape index (κ2) is 18.8. The van der Waals surface area contributed by atoms with Gasteiger partial charge in [-0.25, -0.2) is 29.5 Å². The van der Waals surface area contributed by atoms with E-state index in [0.29, 0.717) is 74.6 Å². The first-order chi connectivity index (χ1) is 33.5. The maximum absolute atomic E-state index is 14.0. The Hall–Kier alpha value is -9.44. The van der Waals surface area contributed by atoms with E-state index in [-0.39, 0.29) is 35.5 Å². The molecule has 0 bridgehead atoms. The van der Waals surface area contributed by atoms with Crippen molar-refractivity contribution in [3.63, 3.8) is 0 Å². The zero-order chi connectivity index (χ0) is 48.3. The van der Waals surface area contributed by atoms with E-state index in [1.54, 1.807) is 122 Å². The van der Waals surface area contributed by atoms with Gasteiger partial charge in [0.25, 0.3) is 23.5 Å². The highest BCUT2D eigenvalue weighted by Gasteiger charge is 2.43. The molecule has 19 heteroatoms. The number of aromatic nitrogens is 8. The Morgan fingerprint density at radius 1 is 0.855 bits per heavy atom. The van der Waals surface area contributed by atoms with E-state index in [9.17, 15) is 19.2 Å². The third kappa shape index (κ3) is 8.60. The van der Waals surface area contributed by atoms with Crippen LogP contribution in [0.4, 0.5) is 23.3 Å². The molecule has 344 valence electrons. The van der Waals surface area contributed by atoms with Crippen LogP contribution in [0.15, 0.2) is 129 Å². The van der Waals surface area contributed by atoms with Crippen LogP contribution in [0.1, 0.15) is 70.8 Å². The van der Waals surface area contributed by atoms with E-state index < -0.39 is 29.9 Å². The fraction of sp³-hybridized carbons (Fsp3) is 0.160. The number of nitrogen functional groups attached to an aromatic ring is 2. The van der Waals surface area contributed by atoms with Gasteiger partial charge < -0.3 is 31.3 Å². The van der Waals surface area contributed by atoms with Crippen LogP contribution in [0.25, 0.3) is 33.5 Å². The first kappa shape index (κ1) is 44.7. The Bertz CT molecular complexity index is 3380. The summed E-state index contributed by atoms with van der Waals surface area (Å²) in [6.45, 7) is 7.19. The first-order valence-corrected chi connectivity index (χ1v) is 21.7. The van der Waals surface area contributed by atoms with Gasteiger partial charge >= 0.3 is 0 Å². The normalized spacial score (nSPS) is 14.7. The molecule has 0 aliphatic carbocycles. The monoisotopic (exact) mass is 921 g/mol. The summed E-state index contributed by atoms with van der Waals surface area (Å²) in [5, 5.41) is 8.48. The number of nitrogens with zero attached hydrogens (tertiary/aromatic N) is 9. The SMILES string of the molecule is C=CC(=O)NC(C)c1nc(-c2ccc(C(=O)Nc3ccccn3)cc2)c2c(N)[n+](C3CC(c4nc(-c5ccc(C(=O)Nc6ccccn6)c(OC)c5)c5c(N)nccn45)N(C(=O)C#CC)C3)ccn12. The molecule has 3 unspecified atom stereocenters. The molecule has 3 atom stereocenters. The zero-order valence-electron chi connectivity index (χ0n) is 37.6. The van der Waals surface area contributed by atoms with Crippen molar-refractivity contribution >= 4 is 57.9 Å². The summed E-state index contributed by atoms with van der Waals surface area (Å²) < 4.78 is 11.2. The number of imidazole rings is 2. The number of methoxy groups -OCH3 is 1. The number of rotatable bonds is 12. The Morgan fingerprint density at radius 3 is 2.22 bits per heavy atom. The Morgan fingerprint density at radius 2 is 1.55 bits per heavy atom. The highest BCUT2D eigenvalue weighted by Crippen LogP contribution is 2.41. The van der Waals surface area contributed by atoms with Crippen molar-refractivity contribution in [2.24, 2.45) is 0 Å². The molecule has 2 aromatic carbocycles. The van der Waals surface area contributed by atoms with Crippen LogP contribution >= 0.6 is 0 Å². The number of ether oxygens (including phenoxy) is 1. The smallest absolute Gasteiger partial charge is 0.299 e. The van der Waals surface area contributed by atoms with E-state index in [1.807, 2.05) is 25.8 Å². The number of carbonyl (C=O) groups is 4. The largest absolute Gasteiger partial charge is 0.496 e. The third-order valence-electron chi connectivity index (χ3n) is 11.8. The Kier molecular flexibility index (Phi) is 12.2. The highest BCUT2D eigenvalue weighted by molar-refractivity contribution is 6.06. The van der Waals surface area contributed by atoms with Crippen LogP contribution < -0.4 is 36.7 Å². The van der Waals surface area contributed by atoms with Crippen LogP contribution in [0, 0.1) is 11.8 Å². The predicted octanol–water partition coefficient (Wildman–Crippen LogP) is 5.37.